The summed E-state index contributed by atoms with van der Waals surface area (Å²) >= 11 is 6.61. The Hall–Kier alpha value is -3.65. The van der Waals surface area contributed by atoms with Crippen LogP contribution in [0.1, 0.15) is 18.5 Å². The van der Waals surface area contributed by atoms with Crippen LogP contribution in [0, 0.1) is 0 Å². The molecule has 3 aliphatic rings. The predicted octanol–water partition coefficient (Wildman–Crippen LogP) is -0.0709. The quantitative estimate of drug-likeness (QED) is 0.212. The molecule has 3 aliphatic heterocycles. The normalized spacial score (nSPS) is 21.7. The highest BCUT2D eigenvalue weighted by atomic mass is 32.2. The largest absolute Gasteiger partial charge is 0.477 e. The molecule has 4 rings (SSSR count). The van der Waals surface area contributed by atoms with E-state index in [9.17, 15) is 29.1 Å². The Morgan fingerprint density at radius 2 is 2.00 bits per heavy atom. The second-order valence-electron chi connectivity index (χ2n) is 8.11. The number of nitrogens with one attached hydrogen (secondary N) is 3. The van der Waals surface area contributed by atoms with Gasteiger partial charge >= 0.3 is 18.0 Å². The molecule has 0 aromatic heterocycles. The second-order valence-corrected chi connectivity index (χ2v) is 9.60. The van der Waals surface area contributed by atoms with Crippen LogP contribution in [0.15, 0.2) is 41.6 Å². The maximum atomic E-state index is 13.3. The molecule has 1 aromatic carbocycles. The summed E-state index contributed by atoms with van der Waals surface area (Å²) in [5.41, 5.74) is 0.622. The summed E-state index contributed by atoms with van der Waals surface area (Å²) in [6.45, 7) is 1.74. The minimum absolute atomic E-state index is 0.0637. The number of aliphatic carboxylic acids is 1. The molecule has 0 spiro atoms. The van der Waals surface area contributed by atoms with Crippen LogP contribution in [0.4, 0.5) is 4.79 Å². The van der Waals surface area contributed by atoms with Crippen molar-refractivity contribution in [1.29, 1.82) is 0 Å². The second kappa shape index (κ2) is 10.5. The van der Waals surface area contributed by atoms with E-state index in [0.29, 0.717) is 24.2 Å². The third-order valence-electron chi connectivity index (χ3n) is 5.76. The first-order chi connectivity index (χ1) is 17.2. The van der Waals surface area contributed by atoms with E-state index in [1.54, 1.807) is 30.3 Å². The van der Waals surface area contributed by atoms with Gasteiger partial charge in [0, 0.05) is 31.3 Å². The molecule has 2 fully saturated rings. The fourth-order valence-electron chi connectivity index (χ4n) is 4.03. The molecule has 190 valence electrons. The number of amides is 4. The van der Waals surface area contributed by atoms with Gasteiger partial charge in [-0.1, -0.05) is 30.3 Å². The number of hydrogen-bond donors (Lipinski definition) is 4. The van der Waals surface area contributed by atoms with Crippen LogP contribution < -0.4 is 16.0 Å². The number of ether oxygens (including phenoxy) is 1. The number of fused-ring (bicyclic) bond motifs is 1. The number of carbonyl (C=O) groups excluding carboxylic acids is 4. The smallest absolute Gasteiger partial charge is 0.352 e. The van der Waals surface area contributed by atoms with Crippen molar-refractivity contribution in [1.82, 2.24) is 25.8 Å². The Labute approximate surface area is 215 Å². The summed E-state index contributed by atoms with van der Waals surface area (Å²) in [5, 5.41) is 17.4. The van der Waals surface area contributed by atoms with Crippen molar-refractivity contribution in [2.24, 2.45) is 0 Å². The van der Waals surface area contributed by atoms with E-state index in [1.165, 1.54) is 23.6 Å². The molecule has 3 atom stereocenters. The number of thioether (sulfide) groups is 1. The maximum absolute atomic E-state index is 13.3. The highest BCUT2D eigenvalue weighted by Gasteiger charge is 2.54. The summed E-state index contributed by atoms with van der Waals surface area (Å²) in [6.07, 6.45) is 0. The van der Waals surface area contributed by atoms with Crippen molar-refractivity contribution in [3.8, 4) is 0 Å². The van der Waals surface area contributed by atoms with E-state index in [4.69, 9.17) is 17.0 Å². The molecule has 36 heavy (non-hydrogen) atoms. The van der Waals surface area contributed by atoms with Crippen molar-refractivity contribution in [3.63, 3.8) is 0 Å². The van der Waals surface area contributed by atoms with Crippen LogP contribution in [0.3, 0.4) is 0 Å². The van der Waals surface area contributed by atoms with E-state index < -0.39 is 41.2 Å². The molecule has 12 nitrogen and oxygen atoms in total. The standard InChI is InChI=1S/C22H23N5O7S2/c1-11(28)34-9-13-10-36-19-15(18(30)27(19)16(13)20(31)32)24-17(29)14(12-5-3-2-4-6-12)25-22(35)26-8-7-23-21(26)33/h2-6,14-15,19H,7-10H2,1H3,(H,23,33)(H,24,29)(H,25,35)(H,31,32)/t14?,15?,19-/m0/s1. The lowest BCUT2D eigenvalue weighted by molar-refractivity contribution is -0.151. The van der Waals surface area contributed by atoms with Gasteiger partial charge in [0.1, 0.15) is 29.8 Å². The van der Waals surface area contributed by atoms with Gasteiger partial charge < -0.3 is 25.8 Å². The number of urea groups is 1. The molecular formula is C22H23N5O7S2. The van der Waals surface area contributed by atoms with Crippen LogP contribution in [-0.2, 0) is 23.9 Å². The average molecular weight is 534 g/mol. The Morgan fingerprint density at radius 3 is 2.61 bits per heavy atom. The van der Waals surface area contributed by atoms with E-state index in [1.807, 2.05) is 0 Å². The molecule has 14 heteroatoms. The van der Waals surface area contributed by atoms with Crippen LogP contribution in [-0.4, -0.2) is 86.7 Å². The SMILES string of the molecule is CC(=O)OCC1=C(C(=O)O)N2C(=O)C(NC(=O)C(NC(=S)N3CCNC3=O)c3ccccc3)[C@@H]2SC1. The van der Waals surface area contributed by atoms with Crippen molar-refractivity contribution in [2.45, 2.75) is 24.4 Å². The molecular weight excluding hydrogens is 510 g/mol. The molecule has 2 saturated heterocycles. The minimum atomic E-state index is -1.32. The summed E-state index contributed by atoms with van der Waals surface area (Å²) in [7, 11) is 0. The van der Waals surface area contributed by atoms with Gasteiger partial charge in [0.2, 0.25) is 5.91 Å². The molecule has 0 bridgehead atoms. The van der Waals surface area contributed by atoms with E-state index >= 15 is 0 Å². The molecule has 2 unspecified atom stereocenters. The number of thiocarbonyl (C=S) groups is 1. The summed E-state index contributed by atoms with van der Waals surface area (Å²) in [5.74, 6) is -2.83. The summed E-state index contributed by atoms with van der Waals surface area (Å²) in [4.78, 5) is 63.7. The number of β-lactam (4-membered cyclic amide) rings is 1. The number of rotatable bonds is 7. The van der Waals surface area contributed by atoms with Gasteiger partial charge in [0.25, 0.3) is 5.91 Å². The number of carbonyl (C=O) groups is 5. The van der Waals surface area contributed by atoms with Gasteiger partial charge in [0.05, 0.1) is 0 Å². The van der Waals surface area contributed by atoms with E-state index in [-0.39, 0.29) is 29.2 Å². The monoisotopic (exact) mass is 533 g/mol. The van der Waals surface area contributed by atoms with Gasteiger partial charge in [-0.3, -0.25) is 24.2 Å². The minimum Gasteiger partial charge on any atom is -0.477 e. The Morgan fingerprint density at radius 1 is 1.28 bits per heavy atom. The summed E-state index contributed by atoms with van der Waals surface area (Å²) in [6, 6.07) is 6.34. The lowest BCUT2D eigenvalue weighted by Crippen LogP contribution is -2.71. The number of carboxylic acid groups (broad SMARTS) is 1. The molecule has 4 amide bonds. The third-order valence-corrected chi connectivity index (χ3v) is 7.44. The first-order valence-electron chi connectivity index (χ1n) is 10.9. The topological polar surface area (TPSA) is 157 Å². The van der Waals surface area contributed by atoms with E-state index in [0.717, 1.165) is 4.90 Å². The molecule has 1 aromatic rings. The van der Waals surface area contributed by atoms with E-state index in [2.05, 4.69) is 16.0 Å². The first-order valence-corrected chi connectivity index (χ1v) is 12.4. The van der Waals surface area contributed by atoms with Gasteiger partial charge in [-0.25, -0.2) is 9.59 Å². The van der Waals surface area contributed by atoms with Gasteiger partial charge in [-0.05, 0) is 17.8 Å². The number of carboxylic acids is 1. The van der Waals surface area contributed by atoms with Crippen molar-refractivity contribution < 1.29 is 33.8 Å². The summed E-state index contributed by atoms with van der Waals surface area (Å²) < 4.78 is 4.93. The zero-order valence-electron chi connectivity index (χ0n) is 19.1. The van der Waals surface area contributed by atoms with Crippen molar-refractivity contribution in [2.75, 3.05) is 25.4 Å². The van der Waals surface area contributed by atoms with Crippen LogP contribution in [0.25, 0.3) is 0 Å². The Balaban J connectivity index is 1.50. The van der Waals surface area contributed by atoms with Crippen molar-refractivity contribution in [3.05, 3.63) is 47.2 Å². The third kappa shape index (κ3) is 4.99. The average Bonchev–Trinajstić information content (AvgIpc) is 3.29. The number of hydrogen-bond acceptors (Lipinski definition) is 8. The zero-order valence-corrected chi connectivity index (χ0v) is 20.7. The molecule has 0 aliphatic carbocycles. The zero-order chi connectivity index (χ0) is 26.0. The molecule has 4 N–H and O–H groups in total. The predicted molar refractivity (Wildman–Crippen MR) is 131 cm³/mol. The fraction of sp³-hybridized carbons (Fsp3) is 0.364. The first kappa shape index (κ1) is 25.4. The van der Waals surface area contributed by atoms with Crippen molar-refractivity contribution >= 4 is 58.9 Å². The molecule has 3 heterocycles. The Bertz CT molecular complexity index is 1160. The van der Waals surface area contributed by atoms with Gasteiger partial charge in [0.15, 0.2) is 5.11 Å². The number of esters is 1. The van der Waals surface area contributed by atoms with Crippen LogP contribution >= 0.6 is 24.0 Å². The fourth-order valence-corrected chi connectivity index (χ4v) is 5.65. The van der Waals surface area contributed by atoms with Gasteiger partial charge in [-0.15, -0.1) is 11.8 Å². The number of benzene rings is 1. The number of nitrogens with zero attached hydrogens (tertiary/aromatic N) is 2. The highest BCUT2D eigenvalue weighted by Crippen LogP contribution is 2.40. The Kier molecular flexibility index (Phi) is 7.45. The molecule has 0 radical (unpaired) electrons. The van der Waals surface area contributed by atoms with Crippen LogP contribution in [0.2, 0.25) is 0 Å². The lowest BCUT2D eigenvalue weighted by Gasteiger charge is -2.49. The maximum Gasteiger partial charge on any atom is 0.352 e. The van der Waals surface area contributed by atoms with Crippen LogP contribution in [0.5, 0.6) is 0 Å². The molecule has 0 saturated carbocycles. The van der Waals surface area contributed by atoms with Gasteiger partial charge in [-0.2, -0.15) is 0 Å². The highest BCUT2D eigenvalue weighted by molar-refractivity contribution is 8.00. The lowest BCUT2D eigenvalue weighted by atomic mass is 10.0.